The predicted octanol–water partition coefficient (Wildman–Crippen LogP) is 1.89. The molecule has 1 aliphatic heterocycles. The molecular formula is C20H25N3O2. The first-order valence-corrected chi connectivity index (χ1v) is 9.23. The van der Waals surface area contributed by atoms with Gasteiger partial charge in [0.1, 0.15) is 11.4 Å². The van der Waals surface area contributed by atoms with Crippen LogP contribution in [0.3, 0.4) is 0 Å². The van der Waals surface area contributed by atoms with Crippen LogP contribution in [-0.2, 0) is 6.54 Å². The monoisotopic (exact) mass is 339 g/mol. The first-order chi connectivity index (χ1) is 12.1. The van der Waals surface area contributed by atoms with Crippen molar-refractivity contribution in [2.24, 2.45) is 0 Å². The van der Waals surface area contributed by atoms with Gasteiger partial charge < -0.3 is 10.6 Å². The fourth-order valence-corrected chi connectivity index (χ4v) is 4.65. The van der Waals surface area contributed by atoms with Crippen molar-refractivity contribution in [1.29, 1.82) is 0 Å². The summed E-state index contributed by atoms with van der Waals surface area (Å²) >= 11 is 0. The minimum Gasteiger partial charge on any atom is -0.394 e. The standard InChI is InChI=1S/C20H25N3O2/c21-16-17(19(25)18(16)24)22-11-12-23(13-15-7-3-1-4-8-15)20(14-22)9-5-2-6-10-20/h1,3-4,7-8H,2,5-6,9-14,21H2. The van der Waals surface area contributed by atoms with E-state index in [9.17, 15) is 9.59 Å². The number of nitrogens with zero attached hydrogens (tertiary/aromatic N) is 2. The van der Waals surface area contributed by atoms with Gasteiger partial charge in [0.2, 0.25) is 0 Å². The molecule has 2 aromatic carbocycles. The molecule has 0 aromatic heterocycles. The molecule has 132 valence electrons. The summed E-state index contributed by atoms with van der Waals surface area (Å²) in [6.07, 6.45) is 6.02. The van der Waals surface area contributed by atoms with Crippen LogP contribution in [0.5, 0.6) is 0 Å². The van der Waals surface area contributed by atoms with E-state index in [0.29, 0.717) is 5.69 Å². The van der Waals surface area contributed by atoms with Crippen molar-refractivity contribution >= 4 is 11.4 Å². The molecule has 2 N–H and O–H groups in total. The van der Waals surface area contributed by atoms with Crippen molar-refractivity contribution in [3.63, 3.8) is 0 Å². The van der Waals surface area contributed by atoms with Crippen LogP contribution >= 0.6 is 0 Å². The topological polar surface area (TPSA) is 66.6 Å². The molecule has 5 nitrogen and oxygen atoms in total. The molecule has 1 saturated heterocycles. The number of benzene rings is 1. The molecule has 0 bridgehead atoms. The SMILES string of the molecule is Nc1c(N2CCN(Cc3ccccc3)C3(CCCCC3)C2)c(=O)c1=O. The smallest absolute Gasteiger partial charge is 0.253 e. The summed E-state index contributed by atoms with van der Waals surface area (Å²) in [5, 5.41) is 0. The number of nitrogen functional groups attached to an aromatic ring is 1. The second-order valence-corrected chi connectivity index (χ2v) is 7.53. The van der Waals surface area contributed by atoms with E-state index in [1.165, 1.54) is 24.8 Å². The van der Waals surface area contributed by atoms with Crippen LogP contribution in [0.25, 0.3) is 0 Å². The van der Waals surface area contributed by atoms with Crippen molar-refractivity contribution < 1.29 is 0 Å². The highest BCUT2D eigenvalue weighted by Gasteiger charge is 2.43. The summed E-state index contributed by atoms with van der Waals surface area (Å²) < 4.78 is 0. The minimum absolute atomic E-state index is 0.0819. The van der Waals surface area contributed by atoms with Crippen LogP contribution in [0.15, 0.2) is 39.9 Å². The Morgan fingerprint density at radius 3 is 2.36 bits per heavy atom. The van der Waals surface area contributed by atoms with Crippen LogP contribution in [0.2, 0.25) is 0 Å². The van der Waals surface area contributed by atoms with Gasteiger partial charge in [-0.05, 0) is 18.4 Å². The lowest BCUT2D eigenvalue weighted by atomic mass is 9.78. The second-order valence-electron chi connectivity index (χ2n) is 7.53. The van der Waals surface area contributed by atoms with E-state index in [1.54, 1.807) is 0 Å². The fraction of sp³-hybridized carbons (Fsp3) is 0.500. The molecule has 1 saturated carbocycles. The Labute approximate surface area is 147 Å². The third-order valence-electron chi connectivity index (χ3n) is 6.03. The third kappa shape index (κ3) is 2.76. The van der Waals surface area contributed by atoms with Gasteiger partial charge in [0.15, 0.2) is 0 Å². The summed E-state index contributed by atoms with van der Waals surface area (Å²) in [6.45, 7) is 3.39. The maximum Gasteiger partial charge on any atom is 0.253 e. The number of hydrogen-bond acceptors (Lipinski definition) is 5. The summed E-state index contributed by atoms with van der Waals surface area (Å²) in [5.41, 5.74) is 6.94. The quantitative estimate of drug-likeness (QED) is 0.865. The molecule has 2 aliphatic rings. The lowest BCUT2D eigenvalue weighted by molar-refractivity contribution is 0.0318. The number of rotatable bonds is 3. The van der Waals surface area contributed by atoms with Gasteiger partial charge in [0, 0.05) is 31.7 Å². The number of anilines is 2. The molecular weight excluding hydrogens is 314 g/mol. The highest BCUT2D eigenvalue weighted by Crippen LogP contribution is 2.39. The highest BCUT2D eigenvalue weighted by molar-refractivity contribution is 5.73. The summed E-state index contributed by atoms with van der Waals surface area (Å²) in [4.78, 5) is 28.2. The maximum atomic E-state index is 12.0. The van der Waals surface area contributed by atoms with Gasteiger partial charge in [0.25, 0.3) is 10.9 Å². The van der Waals surface area contributed by atoms with Gasteiger partial charge in [-0.1, -0.05) is 49.6 Å². The van der Waals surface area contributed by atoms with E-state index in [2.05, 4.69) is 34.1 Å². The van der Waals surface area contributed by atoms with Gasteiger partial charge in [0.05, 0.1) is 0 Å². The number of piperazine rings is 1. The van der Waals surface area contributed by atoms with Crippen molar-refractivity contribution in [2.45, 2.75) is 44.2 Å². The molecule has 2 fully saturated rings. The molecule has 0 unspecified atom stereocenters. The number of nitrogens with two attached hydrogens (primary N) is 1. The van der Waals surface area contributed by atoms with Gasteiger partial charge in [-0.25, -0.2) is 0 Å². The predicted molar refractivity (Wildman–Crippen MR) is 101 cm³/mol. The van der Waals surface area contributed by atoms with Crippen molar-refractivity contribution in [3.05, 3.63) is 56.3 Å². The van der Waals surface area contributed by atoms with E-state index < -0.39 is 10.9 Å². The molecule has 25 heavy (non-hydrogen) atoms. The lowest BCUT2D eigenvalue weighted by Crippen LogP contribution is -2.64. The Morgan fingerprint density at radius 2 is 1.68 bits per heavy atom. The zero-order valence-electron chi connectivity index (χ0n) is 14.5. The molecule has 0 atom stereocenters. The van der Waals surface area contributed by atoms with Crippen molar-refractivity contribution in [1.82, 2.24) is 4.90 Å². The third-order valence-corrected chi connectivity index (χ3v) is 6.03. The second kappa shape index (κ2) is 6.30. The summed E-state index contributed by atoms with van der Waals surface area (Å²) in [5.74, 6) is 0. The van der Waals surface area contributed by atoms with E-state index in [1.807, 2.05) is 6.07 Å². The zero-order chi connectivity index (χ0) is 17.4. The van der Waals surface area contributed by atoms with Crippen LogP contribution in [0.1, 0.15) is 37.7 Å². The number of hydrogen-bond donors (Lipinski definition) is 1. The van der Waals surface area contributed by atoms with E-state index in [0.717, 1.165) is 39.0 Å². The zero-order valence-corrected chi connectivity index (χ0v) is 14.5. The first kappa shape index (κ1) is 16.3. The van der Waals surface area contributed by atoms with Gasteiger partial charge in [-0.3, -0.25) is 14.5 Å². The Bertz CT molecular complexity index is 817. The molecule has 1 heterocycles. The molecule has 2 aromatic rings. The minimum atomic E-state index is -0.514. The lowest BCUT2D eigenvalue weighted by Gasteiger charge is -2.53. The van der Waals surface area contributed by atoms with Gasteiger partial charge in [-0.15, -0.1) is 0 Å². The van der Waals surface area contributed by atoms with Gasteiger partial charge >= 0.3 is 0 Å². The average Bonchev–Trinajstić information content (AvgIpc) is 2.65. The van der Waals surface area contributed by atoms with Crippen LogP contribution < -0.4 is 21.5 Å². The van der Waals surface area contributed by atoms with Crippen LogP contribution in [-0.4, -0.2) is 30.1 Å². The summed E-state index contributed by atoms with van der Waals surface area (Å²) in [7, 11) is 0. The van der Waals surface area contributed by atoms with Gasteiger partial charge in [-0.2, -0.15) is 0 Å². The van der Waals surface area contributed by atoms with E-state index in [4.69, 9.17) is 5.73 Å². The molecule has 0 radical (unpaired) electrons. The Morgan fingerprint density at radius 1 is 0.960 bits per heavy atom. The van der Waals surface area contributed by atoms with Crippen molar-refractivity contribution in [2.75, 3.05) is 30.3 Å². The average molecular weight is 339 g/mol. The molecule has 1 aliphatic carbocycles. The highest BCUT2D eigenvalue weighted by atomic mass is 16.2. The Hall–Kier alpha value is -2.14. The normalized spacial score (nSPS) is 21.0. The maximum absolute atomic E-state index is 12.0. The molecule has 0 amide bonds. The van der Waals surface area contributed by atoms with Crippen LogP contribution in [0.4, 0.5) is 11.4 Å². The Balaban J connectivity index is 1.60. The largest absolute Gasteiger partial charge is 0.394 e. The molecule has 5 heteroatoms. The Kier molecular flexibility index (Phi) is 4.12. The first-order valence-electron chi connectivity index (χ1n) is 9.23. The molecule has 1 spiro atoms. The summed E-state index contributed by atoms with van der Waals surface area (Å²) in [6, 6.07) is 10.6. The molecule has 4 rings (SSSR count). The van der Waals surface area contributed by atoms with Crippen LogP contribution in [0, 0.1) is 0 Å². The van der Waals surface area contributed by atoms with E-state index >= 15 is 0 Å². The fourth-order valence-electron chi connectivity index (χ4n) is 4.65. The van der Waals surface area contributed by atoms with E-state index in [-0.39, 0.29) is 11.2 Å². The van der Waals surface area contributed by atoms with Crippen molar-refractivity contribution in [3.8, 4) is 0 Å².